The Labute approximate surface area is 128 Å². The maximum Gasteiger partial charge on any atom is 0.141 e. The van der Waals surface area contributed by atoms with Gasteiger partial charge in [0, 0.05) is 32.7 Å². The third-order valence-corrected chi connectivity index (χ3v) is 3.99. The molecule has 1 fully saturated rings. The normalized spacial score (nSPS) is 17.7. The van der Waals surface area contributed by atoms with Gasteiger partial charge in [0.15, 0.2) is 0 Å². The second-order valence-corrected chi connectivity index (χ2v) is 6.37. The highest BCUT2D eigenvalue weighted by molar-refractivity contribution is 4.86. The number of nitrogens with zero attached hydrogens (tertiary/aromatic N) is 5. The molecule has 1 aliphatic heterocycles. The fourth-order valence-corrected chi connectivity index (χ4v) is 2.76. The van der Waals surface area contributed by atoms with Crippen molar-refractivity contribution in [3.05, 3.63) is 12.2 Å². The topological polar surface area (TPSA) is 63.2 Å². The molecule has 0 aliphatic carbocycles. The summed E-state index contributed by atoms with van der Waals surface area (Å²) >= 11 is 0. The van der Waals surface area contributed by atoms with Crippen molar-refractivity contribution >= 4 is 0 Å². The van der Waals surface area contributed by atoms with Crippen molar-refractivity contribution in [2.75, 3.05) is 39.3 Å². The van der Waals surface area contributed by atoms with E-state index < -0.39 is 0 Å². The molecule has 0 unspecified atom stereocenters. The molecule has 120 valence electrons. The fraction of sp³-hybridized carbons (Fsp3) is 0.867. The van der Waals surface area contributed by atoms with Crippen LogP contribution in [0.3, 0.4) is 0 Å². The van der Waals surface area contributed by atoms with Gasteiger partial charge >= 0.3 is 0 Å². The Bertz CT molecular complexity index is 395. The van der Waals surface area contributed by atoms with Crippen molar-refractivity contribution in [2.24, 2.45) is 11.7 Å². The summed E-state index contributed by atoms with van der Waals surface area (Å²) in [5.74, 6) is 1.70. The molecular formula is C15H30N6. The predicted molar refractivity (Wildman–Crippen MR) is 84.9 cm³/mol. The summed E-state index contributed by atoms with van der Waals surface area (Å²) in [5.41, 5.74) is 5.55. The largest absolute Gasteiger partial charge is 0.330 e. The summed E-state index contributed by atoms with van der Waals surface area (Å²) in [6, 6.07) is 0. The summed E-state index contributed by atoms with van der Waals surface area (Å²) in [6.07, 6.45) is 4.04. The van der Waals surface area contributed by atoms with Gasteiger partial charge in [-0.05, 0) is 31.8 Å². The maximum atomic E-state index is 5.55. The molecule has 1 saturated heterocycles. The number of nitrogens with two attached hydrogens (primary N) is 1. The lowest BCUT2D eigenvalue weighted by molar-refractivity contribution is 0.122. The van der Waals surface area contributed by atoms with E-state index in [0.717, 1.165) is 58.1 Å². The average Bonchev–Trinajstić information content (AvgIpc) is 2.87. The number of hydrogen-bond acceptors (Lipinski definition) is 5. The van der Waals surface area contributed by atoms with Crippen molar-refractivity contribution in [2.45, 2.75) is 39.8 Å². The van der Waals surface area contributed by atoms with E-state index in [2.05, 4.69) is 38.4 Å². The number of rotatable bonds is 8. The second-order valence-electron chi connectivity index (χ2n) is 6.37. The summed E-state index contributed by atoms with van der Waals surface area (Å²) in [5, 5.41) is 4.34. The van der Waals surface area contributed by atoms with Crippen LogP contribution >= 0.6 is 0 Å². The molecule has 0 amide bonds. The molecule has 0 spiro atoms. The van der Waals surface area contributed by atoms with Crippen LogP contribution in [0.25, 0.3) is 0 Å². The Balaban J connectivity index is 1.74. The van der Waals surface area contributed by atoms with E-state index in [1.54, 1.807) is 6.33 Å². The molecule has 2 rings (SSSR count). The van der Waals surface area contributed by atoms with Crippen LogP contribution in [0.5, 0.6) is 0 Å². The van der Waals surface area contributed by atoms with Crippen LogP contribution < -0.4 is 5.73 Å². The van der Waals surface area contributed by atoms with Crippen molar-refractivity contribution in [3.8, 4) is 0 Å². The molecule has 1 aliphatic rings. The Morgan fingerprint density at radius 2 is 1.86 bits per heavy atom. The van der Waals surface area contributed by atoms with Crippen LogP contribution in [0.4, 0.5) is 0 Å². The van der Waals surface area contributed by atoms with Gasteiger partial charge in [-0.25, -0.2) is 9.67 Å². The summed E-state index contributed by atoms with van der Waals surface area (Å²) < 4.78 is 2.05. The first-order valence-electron chi connectivity index (χ1n) is 8.20. The number of unbranched alkanes of at least 4 members (excludes halogenated alkanes) is 1. The van der Waals surface area contributed by atoms with E-state index in [4.69, 9.17) is 5.73 Å². The van der Waals surface area contributed by atoms with Gasteiger partial charge in [0.25, 0.3) is 0 Å². The number of piperazine rings is 1. The molecule has 2 N–H and O–H groups in total. The Morgan fingerprint density at radius 1 is 1.14 bits per heavy atom. The van der Waals surface area contributed by atoms with Gasteiger partial charge in [0.2, 0.25) is 0 Å². The van der Waals surface area contributed by atoms with Crippen LogP contribution in [0.1, 0.15) is 32.5 Å². The summed E-state index contributed by atoms with van der Waals surface area (Å²) in [7, 11) is 0. The van der Waals surface area contributed by atoms with Gasteiger partial charge in [-0.1, -0.05) is 13.8 Å². The van der Waals surface area contributed by atoms with Crippen LogP contribution in [0, 0.1) is 5.92 Å². The first kappa shape index (κ1) is 16.4. The Kier molecular flexibility index (Phi) is 6.60. The fourth-order valence-electron chi connectivity index (χ4n) is 2.76. The molecule has 1 aromatic heterocycles. The molecular weight excluding hydrogens is 264 g/mol. The van der Waals surface area contributed by atoms with Gasteiger partial charge in [-0.3, -0.25) is 4.90 Å². The minimum absolute atomic E-state index is 0.602. The third-order valence-electron chi connectivity index (χ3n) is 3.99. The lowest BCUT2D eigenvalue weighted by Gasteiger charge is -2.34. The SMILES string of the molecule is CC(C)Cn1ncnc1CN1CCN(CCCCN)CC1. The van der Waals surface area contributed by atoms with Gasteiger partial charge < -0.3 is 10.6 Å². The zero-order valence-corrected chi connectivity index (χ0v) is 13.5. The Morgan fingerprint density at radius 3 is 2.52 bits per heavy atom. The third kappa shape index (κ3) is 5.37. The van der Waals surface area contributed by atoms with Crippen molar-refractivity contribution in [1.82, 2.24) is 24.6 Å². The number of aromatic nitrogens is 3. The maximum absolute atomic E-state index is 5.55. The van der Waals surface area contributed by atoms with Crippen molar-refractivity contribution in [1.29, 1.82) is 0 Å². The first-order chi connectivity index (χ1) is 10.2. The van der Waals surface area contributed by atoms with E-state index in [1.165, 1.54) is 13.0 Å². The lowest BCUT2D eigenvalue weighted by atomic mass is 10.2. The molecule has 6 heteroatoms. The highest BCUT2D eigenvalue weighted by Gasteiger charge is 2.18. The summed E-state index contributed by atoms with van der Waals surface area (Å²) in [6.45, 7) is 12.9. The van der Waals surface area contributed by atoms with Crippen LogP contribution in [0.2, 0.25) is 0 Å². The highest BCUT2D eigenvalue weighted by Crippen LogP contribution is 2.09. The second kappa shape index (κ2) is 8.46. The zero-order chi connectivity index (χ0) is 15.1. The minimum Gasteiger partial charge on any atom is -0.330 e. The van der Waals surface area contributed by atoms with E-state index in [9.17, 15) is 0 Å². The number of hydrogen-bond donors (Lipinski definition) is 1. The summed E-state index contributed by atoms with van der Waals surface area (Å²) in [4.78, 5) is 9.46. The molecule has 0 saturated carbocycles. The molecule has 6 nitrogen and oxygen atoms in total. The molecule has 0 bridgehead atoms. The van der Waals surface area contributed by atoms with E-state index >= 15 is 0 Å². The Hall–Kier alpha value is -0.980. The van der Waals surface area contributed by atoms with E-state index in [1.807, 2.05) is 0 Å². The van der Waals surface area contributed by atoms with Crippen LogP contribution in [-0.2, 0) is 13.1 Å². The molecule has 0 aromatic carbocycles. The van der Waals surface area contributed by atoms with Gasteiger partial charge in [-0.15, -0.1) is 0 Å². The van der Waals surface area contributed by atoms with E-state index in [0.29, 0.717) is 5.92 Å². The average molecular weight is 294 g/mol. The van der Waals surface area contributed by atoms with Crippen LogP contribution in [-0.4, -0.2) is 63.8 Å². The zero-order valence-electron chi connectivity index (χ0n) is 13.5. The molecule has 1 aromatic rings. The van der Waals surface area contributed by atoms with Crippen molar-refractivity contribution in [3.63, 3.8) is 0 Å². The monoisotopic (exact) mass is 294 g/mol. The van der Waals surface area contributed by atoms with Gasteiger partial charge in [0.1, 0.15) is 12.2 Å². The van der Waals surface area contributed by atoms with Gasteiger partial charge in [-0.2, -0.15) is 5.10 Å². The molecule has 2 heterocycles. The first-order valence-corrected chi connectivity index (χ1v) is 8.20. The lowest BCUT2D eigenvalue weighted by Crippen LogP contribution is -2.46. The van der Waals surface area contributed by atoms with Crippen molar-refractivity contribution < 1.29 is 0 Å². The molecule has 0 atom stereocenters. The minimum atomic E-state index is 0.602. The molecule has 0 radical (unpaired) electrons. The van der Waals surface area contributed by atoms with Gasteiger partial charge in [0.05, 0.1) is 6.54 Å². The predicted octanol–water partition coefficient (Wildman–Crippen LogP) is 0.791. The standard InChI is InChI=1S/C15H30N6/c1-14(2)11-21-15(17-13-18-21)12-20-9-7-19(8-10-20)6-4-3-5-16/h13-14H,3-12,16H2,1-2H3. The quantitative estimate of drug-likeness (QED) is 0.718. The van der Waals surface area contributed by atoms with E-state index in [-0.39, 0.29) is 0 Å². The smallest absolute Gasteiger partial charge is 0.141 e. The van der Waals surface area contributed by atoms with Crippen LogP contribution in [0.15, 0.2) is 6.33 Å². The molecule has 21 heavy (non-hydrogen) atoms. The highest BCUT2D eigenvalue weighted by atomic mass is 15.4.